The third-order valence-electron chi connectivity index (χ3n) is 4.88. The highest BCUT2D eigenvalue weighted by atomic mass is 32.2. The summed E-state index contributed by atoms with van der Waals surface area (Å²) in [6, 6.07) is 14.4. The van der Waals surface area contributed by atoms with Crippen molar-refractivity contribution >= 4 is 39.8 Å². The van der Waals surface area contributed by atoms with Crippen LogP contribution in [-0.2, 0) is 18.6 Å². The van der Waals surface area contributed by atoms with E-state index in [1.165, 1.54) is 10.8 Å². The van der Waals surface area contributed by atoms with E-state index < -0.39 is 0 Å². The van der Waals surface area contributed by atoms with Gasteiger partial charge in [-0.1, -0.05) is 42.5 Å². The highest BCUT2D eigenvalue weighted by Crippen LogP contribution is 2.20. The number of anilines is 1. The molecule has 4 rings (SSSR count). The summed E-state index contributed by atoms with van der Waals surface area (Å²) < 4.78 is 0. The van der Waals surface area contributed by atoms with Crippen molar-refractivity contribution in [3.63, 3.8) is 0 Å². The number of nitrogens with one attached hydrogen (secondary N) is 2. The van der Waals surface area contributed by atoms with Crippen LogP contribution in [0.15, 0.2) is 58.8 Å². The quantitative estimate of drug-likeness (QED) is 0.317. The van der Waals surface area contributed by atoms with Crippen LogP contribution in [0, 0.1) is 0 Å². The Bertz CT molecular complexity index is 1200. The zero-order chi connectivity index (χ0) is 21.5. The van der Waals surface area contributed by atoms with Crippen LogP contribution in [0.2, 0.25) is 0 Å². The van der Waals surface area contributed by atoms with E-state index in [-0.39, 0.29) is 5.56 Å². The van der Waals surface area contributed by atoms with Gasteiger partial charge in [-0.25, -0.2) is 9.97 Å². The number of thiazole rings is 1. The molecule has 0 saturated heterocycles. The minimum absolute atomic E-state index is 0.104. The summed E-state index contributed by atoms with van der Waals surface area (Å²) in [6.07, 6.45) is 3.07. The highest BCUT2D eigenvalue weighted by Gasteiger charge is 2.07. The van der Waals surface area contributed by atoms with Crippen molar-refractivity contribution in [1.29, 1.82) is 0 Å². The van der Waals surface area contributed by atoms with E-state index in [9.17, 15) is 4.79 Å². The average Bonchev–Trinajstić information content (AvgIpc) is 3.23. The lowest BCUT2D eigenvalue weighted by molar-refractivity contribution is 0.944. The predicted octanol–water partition coefficient (Wildman–Crippen LogP) is 3.82. The van der Waals surface area contributed by atoms with Gasteiger partial charge in [-0.05, 0) is 22.9 Å². The summed E-state index contributed by atoms with van der Waals surface area (Å²) in [5, 5.41) is 8.73. The van der Waals surface area contributed by atoms with Crippen molar-refractivity contribution in [1.82, 2.24) is 15.0 Å². The summed E-state index contributed by atoms with van der Waals surface area (Å²) in [7, 11) is 0. The third kappa shape index (κ3) is 5.72. The van der Waals surface area contributed by atoms with E-state index in [4.69, 9.17) is 5.73 Å². The fourth-order valence-electron chi connectivity index (χ4n) is 3.36. The minimum atomic E-state index is -0.104. The first kappa shape index (κ1) is 21.5. The number of aromatic nitrogens is 3. The molecule has 0 aliphatic rings. The molecule has 6 nitrogen and oxygen atoms in total. The summed E-state index contributed by atoms with van der Waals surface area (Å²) in [5.74, 6) is 2.27. The van der Waals surface area contributed by atoms with Gasteiger partial charge in [0.15, 0.2) is 0 Å². The van der Waals surface area contributed by atoms with Crippen LogP contribution < -0.4 is 16.6 Å². The maximum atomic E-state index is 12.6. The number of aromatic amines is 1. The molecular weight excluding hydrogens is 426 g/mol. The molecule has 31 heavy (non-hydrogen) atoms. The van der Waals surface area contributed by atoms with E-state index >= 15 is 0 Å². The molecule has 0 unspecified atom stereocenters. The molecule has 0 atom stereocenters. The number of nitrogens with zero attached hydrogens (tertiary/aromatic N) is 2. The molecule has 2 aromatic carbocycles. The lowest BCUT2D eigenvalue weighted by Gasteiger charge is -2.08. The molecule has 0 aliphatic carbocycles. The minimum Gasteiger partial charge on any atom is -0.355 e. The molecule has 0 aliphatic heterocycles. The maximum Gasteiger partial charge on any atom is 0.255 e. The average molecular weight is 452 g/mol. The standard InChI is InChI=1S/C23H25N5OS2/c24-9-8-21-27-19(15-31-21)14-30-11-10-25-23-26-13-18(22(29)28-23)12-17-6-3-5-16-4-1-2-7-20(16)17/h1-7,13,15H,8-12,14,24H2,(H2,25,26,28,29). The summed E-state index contributed by atoms with van der Waals surface area (Å²) >= 11 is 3.47. The Morgan fingerprint density at radius 3 is 2.87 bits per heavy atom. The SMILES string of the molecule is NCCc1nc(CSCCNc2ncc(Cc3cccc4ccccc34)c(=O)[nH]2)cs1. The predicted molar refractivity (Wildman–Crippen MR) is 131 cm³/mol. The van der Waals surface area contributed by atoms with Gasteiger partial charge >= 0.3 is 0 Å². The summed E-state index contributed by atoms with van der Waals surface area (Å²) in [5.41, 5.74) is 8.35. The van der Waals surface area contributed by atoms with Gasteiger partial charge in [0.05, 0.1) is 10.7 Å². The van der Waals surface area contributed by atoms with Gasteiger partial charge in [-0.2, -0.15) is 11.8 Å². The maximum absolute atomic E-state index is 12.6. The normalized spacial score (nSPS) is 11.1. The van der Waals surface area contributed by atoms with Gasteiger partial charge in [0.2, 0.25) is 5.95 Å². The second-order valence-corrected chi connectivity index (χ2v) is 9.20. The number of hydrogen-bond donors (Lipinski definition) is 3. The molecule has 160 valence electrons. The van der Waals surface area contributed by atoms with E-state index in [0.29, 0.717) is 24.5 Å². The topological polar surface area (TPSA) is 96.7 Å². The van der Waals surface area contributed by atoms with Crippen LogP contribution in [0.5, 0.6) is 0 Å². The van der Waals surface area contributed by atoms with Crippen LogP contribution in [0.1, 0.15) is 21.8 Å². The zero-order valence-corrected chi connectivity index (χ0v) is 18.8. The Kier molecular flexibility index (Phi) is 7.35. The summed E-state index contributed by atoms with van der Waals surface area (Å²) in [6.45, 7) is 1.35. The molecule has 2 heterocycles. The van der Waals surface area contributed by atoms with Gasteiger partial charge in [0.25, 0.3) is 5.56 Å². The smallest absolute Gasteiger partial charge is 0.255 e. The van der Waals surface area contributed by atoms with Crippen LogP contribution in [0.4, 0.5) is 5.95 Å². The molecule has 0 spiro atoms. The van der Waals surface area contributed by atoms with Crippen molar-refractivity contribution < 1.29 is 0 Å². The van der Waals surface area contributed by atoms with Gasteiger partial charge in [-0.15, -0.1) is 11.3 Å². The van der Waals surface area contributed by atoms with Gasteiger partial charge in [-0.3, -0.25) is 9.78 Å². The molecule has 4 N–H and O–H groups in total. The number of H-pyrrole nitrogens is 1. The van der Waals surface area contributed by atoms with Crippen LogP contribution in [0.25, 0.3) is 10.8 Å². The second kappa shape index (κ2) is 10.6. The number of fused-ring (bicyclic) bond motifs is 1. The first-order valence-electron chi connectivity index (χ1n) is 10.2. The highest BCUT2D eigenvalue weighted by molar-refractivity contribution is 7.98. The van der Waals surface area contributed by atoms with Crippen molar-refractivity contribution in [2.24, 2.45) is 5.73 Å². The van der Waals surface area contributed by atoms with Crippen molar-refractivity contribution in [2.45, 2.75) is 18.6 Å². The molecule has 8 heteroatoms. The number of benzene rings is 2. The molecule has 4 aromatic rings. The first-order valence-corrected chi connectivity index (χ1v) is 12.3. The largest absolute Gasteiger partial charge is 0.355 e. The number of rotatable bonds is 10. The Balaban J connectivity index is 1.29. The second-order valence-electron chi connectivity index (χ2n) is 7.15. The number of nitrogens with two attached hydrogens (primary N) is 1. The molecule has 0 fully saturated rings. The fourth-order valence-corrected chi connectivity index (χ4v) is 5.03. The molecule has 0 bridgehead atoms. The Morgan fingerprint density at radius 2 is 2.00 bits per heavy atom. The lowest BCUT2D eigenvalue weighted by Crippen LogP contribution is -2.18. The van der Waals surface area contributed by atoms with Gasteiger partial charge < -0.3 is 11.1 Å². The van der Waals surface area contributed by atoms with Crippen LogP contribution in [0.3, 0.4) is 0 Å². The van der Waals surface area contributed by atoms with Gasteiger partial charge in [0, 0.05) is 48.0 Å². The van der Waals surface area contributed by atoms with Crippen molar-refractivity contribution in [2.75, 3.05) is 24.2 Å². The van der Waals surface area contributed by atoms with Gasteiger partial charge in [0.1, 0.15) is 0 Å². The molecular formula is C23H25N5OS2. The fraction of sp³-hybridized carbons (Fsp3) is 0.261. The van der Waals surface area contributed by atoms with E-state index in [2.05, 4.69) is 49.9 Å². The van der Waals surface area contributed by atoms with Crippen molar-refractivity contribution in [3.05, 3.63) is 86.2 Å². The Morgan fingerprint density at radius 1 is 1.13 bits per heavy atom. The number of hydrogen-bond acceptors (Lipinski definition) is 7. The van der Waals surface area contributed by atoms with Crippen LogP contribution in [-0.4, -0.2) is 33.8 Å². The molecule has 0 amide bonds. The number of thioether (sulfide) groups is 1. The van der Waals surface area contributed by atoms with E-state index in [1.54, 1.807) is 29.3 Å². The molecule has 0 saturated carbocycles. The van der Waals surface area contributed by atoms with Crippen molar-refractivity contribution in [3.8, 4) is 0 Å². The monoisotopic (exact) mass is 451 g/mol. The first-order chi connectivity index (χ1) is 15.2. The van der Waals surface area contributed by atoms with E-state index in [0.717, 1.165) is 40.7 Å². The van der Waals surface area contributed by atoms with Crippen LogP contribution >= 0.6 is 23.1 Å². The Labute approximate surface area is 189 Å². The molecule has 0 radical (unpaired) electrons. The van der Waals surface area contributed by atoms with E-state index in [1.807, 2.05) is 18.2 Å². The Hall–Kier alpha value is -2.68. The lowest BCUT2D eigenvalue weighted by atomic mass is 10.00. The summed E-state index contributed by atoms with van der Waals surface area (Å²) in [4.78, 5) is 24.4. The molecule has 2 aromatic heterocycles. The third-order valence-corrected chi connectivity index (χ3v) is 6.83. The zero-order valence-electron chi connectivity index (χ0n) is 17.1.